The van der Waals surface area contributed by atoms with Crippen molar-refractivity contribution >= 4 is 15.9 Å². The number of hydrogen-bond acceptors (Lipinski definition) is 5. The van der Waals surface area contributed by atoms with E-state index in [0.29, 0.717) is 12.1 Å². The zero-order valence-corrected chi connectivity index (χ0v) is 20.2. The second-order valence-corrected chi connectivity index (χ2v) is 10.7. The Morgan fingerprint density at radius 3 is 2.31 bits per heavy atom. The summed E-state index contributed by atoms with van der Waals surface area (Å²) in [7, 11) is 0.00409. The highest BCUT2D eigenvalue weighted by Crippen LogP contribution is 2.20. The molecular formula is C24H34N4O3S. The third-order valence-corrected chi connectivity index (χ3v) is 8.07. The van der Waals surface area contributed by atoms with Gasteiger partial charge in [0.1, 0.15) is 0 Å². The largest absolute Gasteiger partial charge is 0.344 e. The molecule has 0 spiro atoms. The van der Waals surface area contributed by atoms with Crippen molar-refractivity contribution in [3.8, 4) is 0 Å². The van der Waals surface area contributed by atoms with E-state index in [0.717, 1.165) is 31.7 Å². The molecule has 8 heteroatoms. The van der Waals surface area contributed by atoms with Gasteiger partial charge in [-0.2, -0.15) is 4.31 Å². The molecule has 1 saturated heterocycles. The Balaban J connectivity index is 1.80. The van der Waals surface area contributed by atoms with Crippen LogP contribution in [-0.4, -0.2) is 81.3 Å². The quantitative estimate of drug-likeness (QED) is 0.658. The number of nitrogens with zero attached hydrogens (tertiary/aromatic N) is 3. The average Bonchev–Trinajstić information content (AvgIpc) is 2.80. The van der Waals surface area contributed by atoms with Crippen LogP contribution in [0.2, 0.25) is 0 Å². The minimum Gasteiger partial charge on any atom is -0.344 e. The van der Waals surface area contributed by atoms with E-state index in [4.69, 9.17) is 0 Å². The van der Waals surface area contributed by atoms with Crippen LogP contribution >= 0.6 is 0 Å². The lowest BCUT2D eigenvalue weighted by Crippen LogP contribution is -2.47. The van der Waals surface area contributed by atoms with Gasteiger partial charge in [-0.15, -0.1) is 0 Å². The third-order valence-electron chi connectivity index (χ3n) is 6.04. The molecule has 0 radical (unpaired) electrons. The van der Waals surface area contributed by atoms with E-state index in [2.05, 4.69) is 22.2 Å². The van der Waals surface area contributed by atoms with E-state index >= 15 is 0 Å². The van der Waals surface area contributed by atoms with Crippen LogP contribution in [0.25, 0.3) is 0 Å². The van der Waals surface area contributed by atoms with Gasteiger partial charge in [0.2, 0.25) is 10.0 Å². The highest BCUT2D eigenvalue weighted by Gasteiger charge is 2.25. The first-order valence-corrected chi connectivity index (χ1v) is 12.5. The fourth-order valence-corrected chi connectivity index (χ4v) is 5.11. The Morgan fingerprint density at radius 1 is 1.03 bits per heavy atom. The zero-order chi connectivity index (χ0) is 23.3. The number of rotatable bonds is 8. The summed E-state index contributed by atoms with van der Waals surface area (Å²) in [5.41, 5.74) is 1.37. The van der Waals surface area contributed by atoms with Crippen LogP contribution in [0, 0.1) is 0 Å². The molecule has 1 fully saturated rings. The van der Waals surface area contributed by atoms with Crippen LogP contribution in [0.1, 0.15) is 35.8 Å². The summed E-state index contributed by atoms with van der Waals surface area (Å²) in [5.74, 6) is -0.280. The molecule has 7 nitrogen and oxygen atoms in total. The first-order chi connectivity index (χ1) is 15.2. The van der Waals surface area contributed by atoms with Gasteiger partial charge in [-0.25, -0.2) is 8.42 Å². The van der Waals surface area contributed by atoms with Crippen LogP contribution in [0.5, 0.6) is 0 Å². The predicted octanol–water partition coefficient (Wildman–Crippen LogP) is 2.43. The minimum absolute atomic E-state index is 0.122. The second-order valence-electron chi connectivity index (χ2n) is 8.68. The van der Waals surface area contributed by atoms with E-state index in [9.17, 15) is 13.2 Å². The molecule has 174 valence electrons. The van der Waals surface area contributed by atoms with Crippen molar-refractivity contribution in [3.05, 3.63) is 65.7 Å². The summed E-state index contributed by atoms with van der Waals surface area (Å²) in [6.45, 7) is 8.24. The molecular weight excluding hydrogens is 424 g/mol. The molecule has 0 bridgehead atoms. The van der Waals surface area contributed by atoms with Crippen LogP contribution in [0.15, 0.2) is 59.5 Å². The lowest BCUT2D eigenvalue weighted by molar-refractivity contribution is 0.0907. The Labute approximate surface area is 192 Å². The smallest absolute Gasteiger partial charge is 0.251 e. The number of piperazine rings is 1. The number of sulfonamides is 1. The van der Waals surface area contributed by atoms with E-state index in [1.165, 1.54) is 16.4 Å². The van der Waals surface area contributed by atoms with E-state index in [-0.39, 0.29) is 22.9 Å². The first kappa shape index (κ1) is 24.4. The number of amides is 1. The van der Waals surface area contributed by atoms with E-state index in [1.54, 1.807) is 19.2 Å². The molecule has 2 aromatic carbocycles. The number of nitrogens with one attached hydrogen (secondary N) is 1. The number of benzene rings is 2. The van der Waals surface area contributed by atoms with Gasteiger partial charge in [-0.3, -0.25) is 9.69 Å². The summed E-state index contributed by atoms with van der Waals surface area (Å²) in [4.78, 5) is 17.9. The highest BCUT2D eigenvalue weighted by molar-refractivity contribution is 7.89. The molecule has 1 atom stereocenters. The molecule has 0 saturated carbocycles. The summed E-state index contributed by atoms with van der Waals surface area (Å²) >= 11 is 0. The molecule has 32 heavy (non-hydrogen) atoms. The lowest BCUT2D eigenvalue weighted by atomic mass is 10.0. The fraction of sp³-hybridized carbons (Fsp3) is 0.458. The maximum absolute atomic E-state index is 13.2. The number of likely N-dealkylation sites (N-methyl/N-ethyl adjacent to an activating group) is 1. The molecule has 0 aromatic heterocycles. The standard InChI is InChI=1S/C24H34N4O3S/c1-19(2)27(4)32(30,31)22-12-8-11-21(17-22)24(29)25-23(20-9-6-5-7-10-20)18-28-15-13-26(3)14-16-28/h5-12,17,19,23H,13-16,18H2,1-4H3,(H,25,29). The Kier molecular flexibility index (Phi) is 8.05. The van der Waals surface area contributed by atoms with Crippen molar-refractivity contribution in [3.63, 3.8) is 0 Å². The van der Waals surface area contributed by atoms with E-state index < -0.39 is 10.0 Å². The van der Waals surface area contributed by atoms with Gasteiger partial charge in [-0.05, 0) is 44.7 Å². The number of hydrogen-bond donors (Lipinski definition) is 1. The van der Waals surface area contributed by atoms with Crippen molar-refractivity contribution in [2.75, 3.05) is 46.8 Å². The molecule has 1 aliphatic rings. The Morgan fingerprint density at radius 2 is 1.69 bits per heavy atom. The van der Waals surface area contributed by atoms with Gasteiger partial charge in [0.15, 0.2) is 0 Å². The zero-order valence-electron chi connectivity index (χ0n) is 19.4. The maximum atomic E-state index is 13.2. The monoisotopic (exact) mass is 458 g/mol. The van der Waals surface area contributed by atoms with Crippen molar-refractivity contribution in [2.24, 2.45) is 0 Å². The van der Waals surface area contributed by atoms with Crippen LogP contribution in [0.3, 0.4) is 0 Å². The van der Waals surface area contributed by atoms with Gasteiger partial charge in [0, 0.05) is 51.4 Å². The normalized spacial score (nSPS) is 16.9. The van der Waals surface area contributed by atoms with Crippen molar-refractivity contribution < 1.29 is 13.2 Å². The first-order valence-electron chi connectivity index (χ1n) is 11.0. The lowest BCUT2D eigenvalue weighted by Gasteiger charge is -2.35. The molecule has 3 rings (SSSR count). The summed E-state index contributed by atoms with van der Waals surface area (Å²) in [5, 5.41) is 3.14. The fourth-order valence-electron chi connectivity index (χ4n) is 3.69. The number of carbonyl (C=O) groups excluding carboxylic acids is 1. The molecule has 2 aromatic rings. The highest BCUT2D eigenvalue weighted by atomic mass is 32.2. The topological polar surface area (TPSA) is 73.0 Å². The molecule has 1 N–H and O–H groups in total. The molecule has 1 unspecified atom stereocenters. The molecule has 1 aliphatic heterocycles. The van der Waals surface area contributed by atoms with Gasteiger partial charge >= 0.3 is 0 Å². The van der Waals surface area contributed by atoms with Gasteiger partial charge in [0.05, 0.1) is 10.9 Å². The van der Waals surface area contributed by atoms with E-state index in [1.807, 2.05) is 44.2 Å². The summed E-state index contributed by atoms with van der Waals surface area (Å²) < 4.78 is 27.0. The number of carbonyl (C=O) groups is 1. The van der Waals surface area contributed by atoms with Crippen molar-refractivity contribution in [1.82, 2.24) is 19.4 Å². The van der Waals surface area contributed by atoms with Gasteiger partial charge in [-0.1, -0.05) is 36.4 Å². The Bertz CT molecular complexity index is 1000. The van der Waals surface area contributed by atoms with Gasteiger partial charge < -0.3 is 10.2 Å². The molecule has 0 aliphatic carbocycles. The van der Waals surface area contributed by atoms with Crippen molar-refractivity contribution in [1.29, 1.82) is 0 Å². The summed E-state index contributed by atoms with van der Waals surface area (Å²) in [6.07, 6.45) is 0. The molecule has 1 heterocycles. The van der Waals surface area contributed by atoms with Gasteiger partial charge in [0.25, 0.3) is 5.91 Å². The summed E-state index contributed by atoms with van der Waals surface area (Å²) in [6, 6.07) is 15.8. The average molecular weight is 459 g/mol. The second kappa shape index (κ2) is 10.6. The van der Waals surface area contributed by atoms with Crippen molar-refractivity contribution in [2.45, 2.75) is 30.8 Å². The SMILES string of the molecule is CC(C)N(C)S(=O)(=O)c1cccc(C(=O)NC(CN2CCN(C)CC2)c2ccccc2)c1. The molecule has 1 amide bonds. The minimum atomic E-state index is -3.66. The van der Waals surface area contributed by atoms with Crippen LogP contribution < -0.4 is 5.32 Å². The van der Waals surface area contributed by atoms with Crippen LogP contribution in [0.4, 0.5) is 0 Å². The third kappa shape index (κ3) is 5.95. The predicted molar refractivity (Wildman–Crippen MR) is 127 cm³/mol. The Hall–Kier alpha value is -2.26. The maximum Gasteiger partial charge on any atom is 0.251 e. The van der Waals surface area contributed by atoms with Crippen LogP contribution in [-0.2, 0) is 10.0 Å².